The number of nitrogens with one attached hydrogen (secondary N) is 1. The molecule has 2 fully saturated rings. The number of carboxylic acid groups (broad SMARTS) is 1. The SMILES string of the molecule is O=C(O)CN(C(=O)COc1ccc2c(c1)N=C1NC(=O)CN1C2)C1CCCC1. The number of hydrogen-bond donors (Lipinski definition) is 2. The summed E-state index contributed by atoms with van der Waals surface area (Å²) in [5, 5.41) is 11.8. The van der Waals surface area contributed by atoms with E-state index in [-0.39, 0.29) is 31.0 Å². The van der Waals surface area contributed by atoms with Crippen molar-refractivity contribution in [3.63, 3.8) is 0 Å². The molecule has 1 aromatic rings. The Bertz CT molecular complexity index is 847. The lowest BCUT2D eigenvalue weighted by Crippen LogP contribution is -2.44. The topological polar surface area (TPSA) is 112 Å². The maximum Gasteiger partial charge on any atom is 0.323 e. The highest BCUT2D eigenvalue weighted by molar-refractivity contribution is 6.05. The van der Waals surface area contributed by atoms with Crippen LogP contribution in [0.1, 0.15) is 31.2 Å². The Hall–Kier alpha value is -3.10. The highest BCUT2D eigenvalue weighted by Gasteiger charge is 2.30. The molecule has 2 heterocycles. The molecule has 0 aromatic heterocycles. The van der Waals surface area contributed by atoms with Crippen molar-refractivity contribution in [3.05, 3.63) is 23.8 Å². The number of fused-ring (bicyclic) bond motifs is 2. The van der Waals surface area contributed by atoms with E-state index >= 15 is 0 Å². The molecule has 2 aliphatic heterocycles. The van der Waals surface area contributed by atoms with E-state index in [1.807, 2.05) is 11.0 Å². The van der Waals surface area contributed by atoms with E-state index in [9.17, 15) is 14.4 Å². The average molecular weight is 386 g/mol. The molecule has 0 unspecified atom stereocenters. The number of aliphatic carboxylic acids is 1. The summed E-state index contributed by atoms with van der Waals surface area (Å²) in [5.41, 5.74) is 1.66. The van der Waals surface area contributed by atoms with Crippen LogP contribution < -0.4 is 10.1 Å². The van der Waals surface area contributed by atoms with Gasteiger partial charge >= 0.3 is 5.97 Å². The molecule has 3 aliphatic rings. The first-order valence-corrected chi connectivity index (χ1v) is 9.40. The quantitative estimate of drug-likeness (QED) is 0.750. The number of guanidine groups is 1. The van der Waals surface area contributed by atoms with Crippen molar-refractivity contribution in [2.75, 3.05) is 19.7 Å². The van der Waals surface area contributed by atoms with E-state index in [0.29, 0.717) is 30.5 Å². The molecule has 9 nitrogen and oxygen atoms in total. The van der Waals surface area contributed by atoms with Crippen LogP contribution >= 0.6 is 0 Å². The van der Waals surface area contributed by atoms with Gasteiger partial charge in [0.15, 0.2) is 6.61 Å². The molecule has 4 rings (SSSR count). The number of carboxylic acids is 1. The number of hydrogen-bond acceptors (Lipinski definition) is 6. The molecule has 2 amide bonds. The molecule has 28 heavy (non-hydrogen) atoms. The van der Waals surface area contributed by atoms with Crippen LogP contribution in [-0.2, 0) is 20.9 Å². The fourth-order valence-corrected chi connectivity index (χ4v) is 3.92. The molecule has 2 N–H and O–H groups in total. The second-order valence-corrected chi connectivity index (χ2v) is 7.27. The average Bonchev–Trinajstić information content (AvgIpc) is 3.30. The van der Waals surface area contributed by atoms with Crippen molar-refractivity contribution in [2.45, 2.75) is 38.3 Å². The third kappa shape index (κ3) is 3.78. The molecular weight excluding hydrogens is 364 g/mol. The highest BCUT2D eigenvalue weighted by Crippen LogP contribution is 2.31. The summed E-state index contributed by atoms with van der Waals surface area (Å²) in [4.78, 5) is 42.9. The number of carbonyl (C=O) groups excluding carboxylic acids is 2. The number of amides is 2. The zero-order valence-electron chi connectivity index (χ0n) is 15.4. The first kappa shape index (κ1) is 18.3. The van der Waals surface area contributed by atoms with Gasteiger partial charge in [0.05, 0.1) is 5.69 Å². The van der Waals surface area contributed by atoms with Crippen molar-refractivity contribution in [1.82, 2.24) is 15.1 Å². The number of carbonyl (C=O) groups is 3. The van der Waals surface area contributed by atoms with Crippen LogP contribution in [-0.4, -0.2) is 64.4 Å². The molecule has 0 bridgehead atoms. The third-order valence-electron chi connectivity index (χ3n) is 5.28. The summed E-state index contributed by atoms with van der Waals surface area (Å²) < 4.78 is 5.63. The van der Waals surface area contributed by atoms with Crippen LogP contribution in [0.15, 0.2) is 23.2 Å². The zero-order valence-corrected chi connectivity index (χ0v) is 15.4. The van der Waals surface area contributed by atoms with E-state index in [2.05, 4.69) is 10.3 Å². The standard InChI is InChI=1S/C19H22N4O5/c24-16-9-22-8-12-5-6-14(7-15(12)20-19(22)21-16)28-11-17(25)23(10-18(26)27)13-3-1-2-4-13/h5-7,13H,1-4,8-11H2,(H,26,27)(H,20,21,24). The molecule has 0 spiro atoms. The molecule has 1 saturated carbocycles. The van der Waals surface area contributed by atoms with Gasteiger partial charge in [-0.3, -0.25) is 19.7 Å². The van der Waals surface area contributed by atoms with Gasteiger partial charge in [0, 0.05) is 18.7 Å². The minimum Gasteiger partial charge on any atom is -0.484 e. The predicted octanol–water partition coefficient (Wildman–Crippen LogP) is 0.854. The number of rotatable bonds is 6. The monoisotopic (exact) mass is 386 g/mol. The fourth-order valence-electron chi connectivity index (χ4n) is 3.92. The molecular formula is C19H22N4O5. The van der Waals surface area contributed by atoms with Gasteiger partial charge in [-0.15, -0.1) is 0 Å². The van der Waals surface area contributed by atoms with Crippen molar-refractivity contribution in [3.8, 4) is 5.75 Å². The summed E-state index contributed by atoms with van der Waals surface area (Å²) in [6.07, 6.45) is 3.68. The second-order valence-electron chi connectivity index (χ2n) is 7.27. The van der Waals surface area contributed by atoms with Crippen molar-refractivity contribution >= 4 is 29.4 Å². The van der Waals surface area contributed by atoms with Crippen LogP contribution in [0.3, 0.4) is 0 Å². The minimum absolute atomic E-state index is 0.0286. The lowest BCUT2D eigenvalue weighted by atomic mass is 10.1. The van der Waals surface area contributed by atoms with Gasteiger partial charge in [0.2, 0.25) is 11.9 Å². The Morgan fingerprint density at radius 2 is 2.07 bits per heavy atom. The minimum atomic E-state index is -1.02. The Morgan fingerprint density at radius 1 is 1.29 bits per heavy atom. The van der Waals surface area contributed by atoms with Gasteiger partial charge in [-0.2, -0.15) is 0 Å². The maximum absolute atomic E-state index is 12.6. The predicted molar refractivity (Wildman–Crippen MR) is 99.2 cm³/mol. The number of benzene rings is 1. The van der Waals surface area contributed by atoms with Crippen LogP contribution in [0, 0.1) is 0 Å². The van der Waals surface area contributed by atoms with Crippen molar-refractivity contribution in [1.29, 1.82) is 0 Å². The van der Waals surface area contributed by atoms with Crippen LogP contribution in [0.4, 0.5) is 5.69 Å². The summed E-state index contributed by atoms with van der Waals surface area (Å²) in [6, 6.07) is 5.33. The number of ether oxygens (including phenoxy) is 1. The fraction of sp³-hybridized carbons (Fsp3) is 0.474. The molecule has 148 valence electrons. The molecule has 1 saturated heterocycles. The van der Waals surface area contributed by atoms with Crippen LogP contribution in [0.2, 0.25) is 0 Å². The lowest BCUT2D eigenvalue weighted by Gasteiger charge is -2.27. The van der Waals surface area contributed by atoms with Gasteiger partial charge in [0.25, 0.3) is 5.91 Å². The first-order valence-electron chi connectivity index (χ1n) is 9.40. The molecule has 0 radical (unpaired) electrons. The van der Waals surface area contributed by atoms with Crippen LogP contribution in [0.25, 0.3) is 0 Å². The third-order valence-corrected chi connectivity index (χ3v) is 5.28. The largest absolute Gasteiger partial charge is 0.484 e. The van der Waals surface area contributed by atoms with Gasteiger partial charge in [0.1, 0.15) is 18.8 Å². The van der Waals surface area contributed by atoms with E-state index < -0.39 is 5.97 Å². The molecule has 9 heteroatoms. The molecule has 1 aromatic carbocycles. The Morgan fingerprint density at radius 3 is 2.82 bits per heavy atom. The first-order chi connectivity index (χ1) is 13.5. The summed E-state index contributed by atoms with van der Waals surface area (Å²) in [5.74, 6) is -0.421. The van der Waals surface area contributed by atoms with E-state index in [0.717, 1.165) is 31.2 Å². The van der Waals surface area contributed by atoms with Gasteiger partial charge in [-0.25, -0.2) is 4.99 Å². The smallest absolute Gasteiger partial charge is 0.323 e. The molecule has 1 aliphatic carbocycles. The lowest BCUT2D eigenvalue weighted by molar-refractivity contribution is -0.147. The van der Waals surface area contributed by atoms with Crippen molar-refractivity contribution < 1.29 is 24.2 Å². The maximum atomic E-state index is 12.6. The Labute approximate surface area is 162 Å². The second kappa shape index (κ2) is 7.49. The van der Waals surface area contributed by atoms with Crippen molar-refractivity contribution in [2.24, 2.45) is 4.99 Å². The van der Waals surface area contributed by atoms with Gasteiger partial charge in [-0.1, -0.05) is 18.9 Å². The Kier molecular flexibility index (Phi) is 4.89. The Balaban J connectivity index is 1.42. The normalized spacial score (nSPS) is 18.2. The summed E-state index contributed by atoms with van der Waals surface area (Å²) in [6.45, 7) is 0.355. The van der Waals surface area contributed by atoms with E-state index in [1.54, 1.807) is 12.1 Å². The summed E-state index contributed by atoms with van der Waals surface area (Å²) >= 11 is 0. The molecule has 0 atom stereocenters. The van der Waals surface area contributed by atoms with E-state index in [1.165, 1.54) is 4.90 Å². The van der Waals surface area contributed by atoms with E-state index in [4.69, 9.17) is 9.84 Å². The number of nitrogens with zero attached hydrogens (tertiary/aromatic N) is 3. The zero-order chi connectivity index (χ0) is 19.7. The van der Waals surface area contributed by atoms with Gasteiger partial charge < -0.3 is 19.6 Å². The number of aliphatic imine (C=N–C) groups is 1. The highest BCUT2D eigenvalue weighted by atomic mass is 16.5. The van der Waals surface area contributed by atoms with Gasteiger partial charge in [-0.05, 0) is 24.5 Å². The van der Waals surface area contributed by atoms with Crippen LogP contribution in [0.5, 0.6) is 5.75 Å². The summed E-state index contributed by atoms with van der Waals surface area (Å²) in [7, 11) is 0.